The van der Waals surface area contributed by atoms with Gasteiger partial charge >= 0.3 is 0 Å². The number of rotatable bonds is 5. The fraction of sp³-hybridized carbons (Fsp3) is 0.440. The predicted molar refractivity (Wildman–Crippen MR) is 120 cm³/mol. The van der Waals surface area contributed by atoms with Crippen LogP contribution in [-0.2, 0) is 6.54 Å². The van der Waals surface area contributed by atoms with E-state index in [0.717, 1.165) is 51.5 Å². The molecule has 0 saturated carbocycles. The van der Waals surface area contributed by atoms with E-state index in [-0.39, 0.29) is 11.8 Å². The highest BCUT2D eigenvalue weighted by Crippen LogP contribution is 2.22. The Morgan fingerprint density at radius 3 is 2.30 bits per heavy atom. The topological polar surface area (TPSA) is 52.7 Å². The van der Waals surface area contributed by atoms with Crippen molar-refractivity contribution in [2.24, 2.45) is 5.92 Å². The van der Waals surface area contributed by atoms with Gasteiger partial charge in [-0.05, 0) is 74.5 Å². The van der Waals surface area contributed by atoms with E-state index in [1.165, 1.54) is 18.4 Å². The van der Waals surface area contributed by atoms with Gasteiger partial charge in [-0.2, -0.15) is 0 Å². The Labute approximate surface area is 179 Å². The lowest BCUT2D eigenvalue weighted by molar-refractivity contribution is 0.0794. The third kappa shape index (κ3) is 4.90. The summed E-state index contributed by atoms with van der Waals surface area (Å²) in [5, 5.41) is 2.94. The second-order valence-electron chi connectivity index (χ2n) is 8.65. The Morgan fingerprint density at radius 2 is 1.60 bits per heavy atom. The number of carbonyl (C=O) groups is 2. The molecule has 0 aliphatic carbocycles. The first-order valence-corrected chi connectivity index (χ1v) is 11.1. The predicted octanol–water partition coefficient (Wildman–Crippen LogP) is 4.41. The lowest BCUT2D eigenvalue weighted by atomic mass is 9.99. The zero-order valence-electron chi connectivity index (χ0n) is 17.8. The lowest BCUT2D eigenvalue weighted by Gasteiger charge is -2.30. The number of hydrogen-bond acceptors (Lipinski definition) is 3. The summed E-state index contributed by atoms with van der Waals surface area (Å²) in [5.74, 6) is 0.636. The van der Waals surface area contributed by atoms with Crippen molar-refractivity contribution in [3.63, 3.8) is 0 Å². The molecule has 0 spiro atoms. The largest absolute Gasteiger partial charge is 0.339 e. The highest BCUT2D eigenvalue weighted by Gasteiger charge is 2.22. The maximum atomic E-state index is 12.8. The molecule has 0 radical (unpaired) electrons. The molecular weight excluding hydrogens is 374 g/mol. The van der Waals surface area contributed by atoms with Crippen LogP contribution in [0.15, 0.2) is 48.5 Å². The molecule has 4 rings (SSSR count). The minimum absolute atomic E-state index is 0.00500. The normalized spacial score (nSPS) is 17.8. The average molecular weight is 406 g/mol. The van der Waals surface area contributed by atoms with Gasteiger partial charge in [0.2, 0.25) is 0 Å². The van der Waals surface area contributed by atoms with Gasteiger partial charge in [0.05, 0.1) is 11.3 Å². The first-order valence-electron chi connectivity index (χ1n) is 11.1. The van der Waals surface area contributed by atoms with Crippen molar-refractivity contribution >= 4 is 17.5 Å². The van der Waals surface area contributed by atoms with Gasteiger partial charge in [-0.3, -0.25) is 14.5 Å². The van der Waals surface area contributed by atoms with Gasteiger partial charge in [0.1, 0.15) is 0 Å². The minimum Gasteiger partial charge on any atom is -0.339 e. The Morgan fingerprint density at radius 1 is 0.933 bits per heavy atom. The van der Waals surface area contributed by atoms with Crippen LogP contribution in [0.1, 0.15) is 58.9 Å². The molecule has 5 nitrogen and oxygen atoms in total. The maximum Gasteiger partial charge on any atom is 0.255 e. The molecule has 2 fully saturated rings. The van der Waals surface area contributed by atoms with E-state index in [1.54, 1.807) is 12.1 Å². The van der Waals surface area contributed by atoms with Crippen LogP contribution in [-0.4, -0.2) is 47.8 Å². The molecule has 2 amide bonds. The quantitative estimate of drug-likeness (QED) is 0.802. The standard InChI is InChI=1S/C25H31N3O2/c1-19-12-16-27(17-13-19)18-20-8-10-21(11-9-20)24(29)26-23-7-3-2-6-22(23)25(30)28-14-4-5-15-28/h2-3,6-11,19H,4-5,12-18H2,1H3,(H,26,29). The fourth-order valence-corrected chi connectivity index (χ4v) is 4.30. The van der Waals surface area contributed by atoms with E-state index in [0.29, 0.717) is 16.8 Å². The van der Waals surface area contributed by atoms with Gasteiger partial charge in [-0.1, -0.05) is 31.2 Å². The molecule has 2 aromatic carbocycles. The van der Waals surface area contributed by atoms with Crippen LogP contribution in [0.2, 0.25) is 0 Å². The molecule has 2 heterocycles. The summed E-state index contributed by atoms with van der Waals surface area (Å²) in [5.41, 5.74) is 2.97. The number of carbonyl (C=O) groups excluding carboxylic acids is 2. The average Bonchev–Trinajstić information content (AvgIpc) is 3.31. The van der Waals surface area contributed by atoms with Crippen LogP contribution >= 0.6 is 0 Å². The molecule has 2 aliphatic rings. The summed E-state index contributed by atoms with van der Waals surface area (Å²) in [4.78, 5) is 30.0. The summed E-state index contributed by atoms with van der Waals surface area (Å²) in [6, 6.07) is 15.1. The summed E-state index contributed by atoms with van der Waals surface area (Å²) in [7, 11) is 0. The van der Waals surface area contributed by atoms with Crippen molar-refractivity contribution in [2.45, 2.75) is 39.2 Å². The molecule has 5 heteroatoms. The molecule has 0 bridgehead atoms. The maximum absolute atomic E-state index is 12.8. The van der Waals surface area contributed by atoms with Crippen LogP contribution in [0.25, 0.3) is 0 Å². The number of piperidine rings is 1. The Hall–Kier alpha value is -2.66. The number of benzene rings is 2. The van der Waals surface area contributed by atoms with Crippen molar-refractivity contribution in [3.8, 4) is 0 Å². The highest BCUT2D eigenvalue weighted by atomic mass is 16.2. The number of amides is 2. The zero-order valence-corrected chi connectivity index (χ0v) is 17.8. The van der Waals surface area contributed by atoms with E-state index in [4.69, 9.17) is 0 Å². The van der Waals surface area contributed by atoms with Gasteiger partial charge in [-0.15, -0.1) is 0 Å². The number of likely N-dealkylation sites (tertiary alicyclic amines) is 2. The van der Waals surface area contributed by atoms with Crippen LogP contribution in [0.4, 0.5) is 5.69 Å². The second-order valence-corrected chi connectivity index (χ2v) is 8.65. The van der Waals surface area contributed by atoms with Crippen LogP contribution < -0.4 is 5.32 Å². The third-order valence-electron chi connectivity index (χ3n) is 6.30. The summed E-state index contributed by atoms with van der Waals surface area (Å²) in [6.07, 6.45) is 4.61. The molecule has 0 unspecified atom stereocenters. The smallest absolute Gasteiger partial charge is 0.255 e. The van der Waals surface area contributed by atoms with E-state index in [9.17, 15) is 9.59 Å². The van der Waals surface area contributed by atoms with Crippen LogP contribution in [0.5, 0.6) is 0 Å². The van der Waals surface area contributed by atoms with Gasteiger partial charge in [0.25, 0.3) is 11.8 Å². The summed E-state index contributed by atoms with van der Waals surface area (Å²) in [6.45, 7) is 7.12. The Kier molecular flexibility index (Phi) is 6.48. The number of para-hydroxylation sites is 1. The van der Waals surface area contributed by atoms with Crippen molar-refractivity contribution in [3.05, 3.63) is 65.2 Å². The van der Waals surface area contributed by atoms with Crippen molar-refractivity contribution in [1.29, 1.82) is 0 Å². The van der Waals surface area contributed by atoms with E-state index in [2.05, 4.69) is 17.1 Å². The van der Waals surface area contributed by atoms with Gasteiger partial charge < -0.3 is 10.2 Å². The van der Waals surface area contributed by atoms with Crippen molar-refractivity contribution in [1.82, 2.24) is 9.80 Å². The first kappa shape index (κ1) is 20.6. The highest BCUT2D eigenvalue weighted by molar-refractivity contribution is 6.09. The Balaban J connectivity index is 1.40. The monoisotopic (exact) mass is 405 g/mol. The molecular formula is C25H31N3O2. The van der Waals surface area contributed by atoms with E-state index in [1.807, 2.05) is 41.3 Å². The third-order valence-corrected chi connectivity index (χ3v) is 6.30. The molecule has 30 heavy (non-hydrogen) atoms. The number of anilines is 1. The van der Waals surface area contributed by atoms with Gasteiger partial charge in [0, 0.05) is 25.2 Å². The molecule has 1 N–H and O–H groups in total. The van der Waals surface area contributed by atoms with Crippen molar-refractivity contribution < 1.29 is 9.59 Å². The molecule has 2 aliphatic heterocycles. The molecule has 0 aromatic heterocycles. The lowest BCUT2D eigenvalue weighted by Crippen LogP contribution is -2.32. The SMILES string of the molecule is CC1CCN(Cc2ccc(C(=O)Nc3ccccc3C(=O)N3CCCC3)cc2)CC1. The first-order chi connectivity index (χ1) is 14.6. The van der Waals surface area contributed by atoms with Gasteiger partial charge in [-0.25, -0.2) is 0 Å². The number of nitrogens with one attached hydrogen (secondary N) is 1. The van der Waals surface area contributed by atoms with Gasteiger partial charge in [0.15, 0.2) is 0 Å². The minimum atomic E-state index is -0.185. The summed E-state index contributed by atoms with van der Waals surface area (Å²) >= 11 is 0. The van der Waals surface area contributed by atoms with Crippen molar-refractivity contribution in [2.75, 3.05) is 31.5 Å². The van der Waals surface area contributed by atoms with Crippen LogP contribution in [0.3, 0.4) is 0 Å². The van der Waals surface area contributed by atoms with Crippen LogP contribution in [0, 0.1) is 5.92 Å². The summed E-state index contributed by atoms with van der Waals surface area (Å²) < 4.78 is 0. The molecule has 2 saturated heterocycles. The van der Waals surface area contributed by atoms with E-state index >= 15 is 0 Å². The Bertz CT molecular complexity index is 880. The fourth-order valence-electron chi connectivity index (χ4n) is 4.30. The zero-order chi connectivity index (χ0) is 20.9. The molecule has 2 aromatic rings. The molecule has 158 valence electrons. The molecule has 0 atom stereocenters. The number of hydrogen-bond donors (Lipinski definition) is 1. The second kappa shape index (κ2) is 9.43. The van der Waals surface area contributed by atoms with E-state index < -0.39 is 0 Å². The number of nitrogens with zero attached hydrogens (tertiary/aromatic N) is 2.